The highest BCUT2D eigenvalue weighted by molar-refractivity contribution is 6.31. The molecule has 1 aliphatic heterocycles. The van der Waals surface area contributed by atoms with Crippen LogP contribution in [-0.4, -0.2) is 40.0 Å². The second-order valence-corrected chi connectivity index (χ2v) is 5.52. The fourth-order valence-corrected chi connectivity index (χ4v) is 2.89. The summed E-state index contributed by atoms with van der Waals surface area (Å²) in [5.74, 6) is -0.334. The molecule has 0 radical (unpaired) electrons. The summed E-state index contributed by atoms with van der Waals surface area (Å²) < 4.78 is 0. The molecule has 114 valence electrons. The van der Waals surface area contributed by atoms with E-state index in [0.717, 1.165) is 12.8 Å². The van der Waals surface area contributed by atoms with E-state index in [4.69, 9.17) is 16.7 Å². The van der Waals surface area contributed by atoms with Gasteiger partial charge in [-0.3, -0.25) is 14.9 Å². The number of hydrogen-bond donors (Lipinski definition) is 1. The molecule has 0 aromatic heterocycles. The summed E-state index contributed by atoms with van der Waals surface area (Å²) in [6.07, 6.45) is 3.08. The summed E-state index contributed by atoms with van der Waals surface area (Å²) in [6, 6.07) is 4.14. The maximum absolute atomic E-state index is 12.6. The molecule has 0 aliphatic carbocycles. The number of rotatable bonds is 5. The first-order valence-electron chi connectivity index (χ1n) is 6.90. The van der Waals surface area contributed by atoms with Gasteiger partial charge in [-0.25, -0.2) is 0 Å². The van der Waals surface area contributed by atoms with E-state index >= 15 is 0 Å². The predicted molar refractivity (Wildman–Crippen MR) is 78.5 cm³/mol. The molecule has 0 saturated carbocycles. The number of likely N-dealkylation sites (tertiary alicyclic amines) is 1. The van der Waals surface area contributed by atoms with Crippen LogP contribution in [0, 0.1) is 10.1 Å². The number of aliphatic hydroxyl groups excluding tert-OH is 1. The van der Waals surface area contributed by atoms with E-state index < -0.39 is 4.92 Å². The SMILES string of the molecule is O=C(c1ccc(Cl)cc1[N+](=O)[O-])N1CCCC1CCCO. The molecule has 0 spiro atoms. The Bertz CT molecular complexity index is 550. The smallest absolute Gasteiger partial charge is 0.283 e. The van der Waals surface area contributed by atoms with E-state index in [1.165, 1.54) is 18.2 Å². The minimum atomic E-state index is -0.585. The maximum atomic E-state index is 12.6. The van der Waals surface area contributed by atoms with Gasteiger partial charge in [-0.2, -0.15) is 0 Å². The zero-order valence-corrected chi connectivity index (χ0v) is 12.3. The number of carbonyl (C=O) groups is 1. The number of halogens is 1. The average Bonchev–Trinajstić information content (AvgIpc) is 2.92. The van der Waals surface area contributed by atoms with Gasteiger partial charge in [0.15, 0.2) is 0 Å². The van der Waals surface area contributed by atoms with Gasteiger partial charge in [-0.05, 0) is 37.8 Å². The fraction of sp³-hybridized carbons (Fsp3) is 0.500. The molecular formula is C14H17ClN2O4. The molecule has 7 heteroatoms. The molecule has 21 heavy (non-hydrogen) atoms. The van der Waals surface area contributed by atoms with Crippen LogP contribution in [0.15, 0.2) is 18.2 Å². The Morgan fingerprint density at radius 3 is 2.95 bits per heavy atom. The molecule has 6 nitrogen and oxygen atoms in total. The maximum Gasteiger partial charge on any atom is 0.283 e. The lowest BCUT2D eigenvalue weighted by molar-refractivity contribution is -0.385. The van der Waals surface area contributed by atoms with Gasteiger partial charge >= 0.3 is 0 Å². The van der Waals surface area contributed by atoms with Crippen molar-refractivity contribution in [2.75, 3.05) is 13.2 Å². The third kappa shape index (κ3) is 3.51. The van der Waals surface area contributed by atoms with Crippen LogP contribution in [0.25, 0.3) is 0 Å². The summed E-state index contributed by atoms with van der Waals surface area (Å²) in [5, 5.41) is 20.2. The molecule has 1 N–H and O–H groups in total. The first-order valence-corrected chi connectivity index (χ1v) is 7.28. The van der Waals surface area contributed by atoms with Crippen molar-refractivity contribution < 1.29 is 14.8 Å². The average molecular weight is 313 g/mol. The number of nitro groups is 1. The second-order valence-electron chi connectivity index (χ2n) is 5.08. The minimum absolute atomic E-state index is 0.0416. The summed E-state index contributed by atoms with van der Waals surface area (Å²) >= 11 is 5.77. The van der Waals surface area contributed by atoms with Gasteiger partial charge in [0.1, 0.15) is 5.56 Å². The quantitative estimate of drug-likeness (QED) is 0.669. The number of nitro benzene ring substituents is 1. The van der Waals surface area contributed by atoms with Crippen LogP contribution in [0.3, 0.4) is 0 Å². The lowest BCUT2D eigenvalue weighted by atomic mass is 10.1. The number of nitrogens with zero attached hydrogens (tertiary/aromatic N) is 2. The zero-order chi connectivity index (χ0) is 15.4. The molecular weight excluding hydrogens is 296 g/mol. The van der Waals surface area contributed by atoms with Crippen LogP contribution in [0.2, 0.25) is 5.02 Å². The fourth-order valence-electron chi connectivity index (χ4n) is 2.72. The summed E-state index contributed by atoms with van der Waals surface area (Å²) in [4.78, 5) is 24.8. The summed E-state index contributed by atoms with van der Waals surface area (Å²) in [6.45, 7) is 0.675. The van der Waals surface area contributed by atoms with Crippen LogP contribution in [-0.2, 0) is 0 Å². The zero-order valence-electron chi connectivity index (χ0n) is 11.5. The third-order valence-corrected chi connectivity index (χ3v) is 3.96. The van der Waals surface area contributed by atoms with Crippen LogP contribution in [0.5, 0.6) is 0 Å². The van der Waals surface area contributed by atoms with Crippen LogP contribution in [0.4, 0.5) is 5.69 Å². The predicted octanol–water partition coefficient (Wildman–Crippen LogP) is 2.63. The molecule has 1 amide bonds. The van der Waals surface area contributed by atoms with Crippen molar-refractivity contribution in [2.24, 2.45) is 0 Å². The Labute approximate surface area is 127 Å². The standard InChI is InChI=1S/C14H17ClN2O4/c15-10-5-6-12(13(9-10)17(20)21)14(19)16-7-1-3-11(16)4-2-8-18/h5-6,9,11,18H,1-4,7-8H2. The lowest BCUT2D eigenvalue weighted by Gasteiger charge is -2.24. The Hall–Kier alpha value is -1.66. The molecule has 1 atom stereocenters. The van der Waals surface area contributed by atoms with Gasteiger partial charge in [-0.1, -0.05) is 11.6 Å². The minimum Gasteiger partial charge on any atom is -0.396 e. The summed E-state index contributed by atoms with van der Waals surface area (Å²) in [7, 11) is 0. The Morgan fingerprint density at radius 2 is 2.29 bits per heavy atom. The normalized spacial score (nSPS) is 18.0. The molecule has 1 aromatic carbocycles. The molecule has 1 aromatic rings. The first-order chi connectivity index (χ1) is 10.0. The van der Waals surface area contributed by atoms with E-state index in [1.54, 1.807) is 4.90 Å². The van der Waals surface area contributed by atoms with E-state index in [1.807, 2.05) is 0 Å². The number of amides is 1. The highest BCUT2D eigenvalue weighted by atomic mass is 35.5. The van der Waals surface area contributed by atoms with E-state index in [9.17, 15) is 14.9 Å². The van der Waals surface area contributed by atoms with Crippen molar-refractivity contribution in [3.8, 4) is 0 Å². The molecule has 1 heterocycles. The van der Waals surface area contributed by atoms with Crippen molar-refractivity contribution in [1.29, 1.82) is 0 Å². The Kier molecular flexibility index (Phi) is 5.14. The number of carbonyl (C=O) groups excluding carboxylic acids is 1. The van der Waals surface area contributed by atoms with Crippen molar-refractivity contribution in [1.82, 2.24) is 4.90 Å². The van der Waals surface area contributed by atoms with E-state index in [2.05, 4.69) is 0 Å². The molecule has 0 bridgehead atoms. The number of hydrogen-bond acceptors (Lipinski definition) is 4. The second kappa shape index (κ2) is 6.87. The van der Waals surface area contributed by atoms with Gasteiger partial charge < -0.3 is 10.0 Å². The van der Waals surface area contributed by atoms with Gasteiger partial charge in [0.25, 0.3) is 11.6 Å². The van der Waals surface area contributed by atoms with Crippen molar-refractivity contribution in [3.63, 3.8) is 0 Å². The summed E-state index contributed by atoms with van der Waals surface area (Å²) in [5.41, 5.74) is -0.194. The lowest BCUT2D eigenvalue weighted by Crippen LogP contribution is -2.36. The van der Waals surface area contributed by atoms with Gasteiger partial charge in [0.2, 0.25) is 0 Å². The van der Waals surface area contributed by atoms with E-state index in [-0.39, 0.29) is 34.8 Å². The molecule has 1 aliphatic rings. The molecule has 2 rings (SSSR count). The van der Waals surface area contributed by atoms with Crippen LogP contribution < -0.4 is 0 Å². The third-order valence-electron chi connectivity index (χ3n) is 3.72. The highest BCUT2D eigenvalue weighted by Gasteiger charge is 2.32. The molecule has 1 saturated heterocycles. The van der Waals surface area contributed by atoms with Crippen LogP contribution in [0.1, 0.15) is 36.0 Å². The van der Waals surface area contributed by atoms with Crippen LogP contribution >= 0.6 is 11.6 Å². The van der Waals surface area contributed by atoms with Crippen molar-refractivity contribution in [3.05, 3.63) is 38.9 Å². The van der Waals surface area contributed by atoms with Crippen molar-refractivity contribution in [2.45, 2.75) is 31.7 Å². The first kappa shape index (κ1) is 15.7. The monoisotopic (exact) mass is 312 g/mol. The Morgan fingerprint density at radius 1 is 1.52 bits per heavy atom. The van der Waals surface area contributed by atoms with E-state index in [0.29, 0.717) is 19.4 Å². The van der Waals surface area contributed by atoms with Gasteiger partial charge in [0, 0.05) is 30.3 Å². The number of benzene rings is 1. The largest absolute Gasteiger partial charge is 0.396 e. The van der Waals surface area contributed by atoms with Crippen molar-refractivity contribution >= 4 is 23.2 Å². The highest BCUT2D eigenvalue weighted by Crippen LogP contribution is 2.28. The topological polar surface area (TPSA) is 83.7 Å². The molecule has 1 fully saturated rings. The number of aliphatic hydroxyl groups is 1. The van der Waals surface area contributed by atoms with Gasteiger partial charge in [0.05, 0.1) is 4.92 Å². The molecule has 1 unspecified atom stereocenters. The Balaban J connectivity index is 2.25. The van der Waals surface area contributed by atoms with Gasteiger partial charge in [-0.15, -0.1) is 0 Å².